The number of sulfonamides is 1. The summed E-state index contributed by atoms with van der Waals surface area (Å²) >= 11 is 0. The molecule has 1 saturated heterocycles. The van der Waals surface area contributed by atoms with Crippen molar-refractivity contribution in [2.24, 2.45) is 0 Å². The number of para-hydroxylation sites is 1. The van der Waals surface area contributed by atoms with Gasteiger partial charge in [-0.05, 0) is 41.8 Å². The van der Waals surface area contributed by atoms with E-state index in [1.54, 1.807) is 0 Å². The summed E-state index contributed by atoms with van der Waals surface area (Å²) in [6, 6.07) is 28.7. The summed E-state index contributed by atoms with van der Waals surface area (Å²) < 4.78 is 28.6. The summed E-state index contributed by atoms with van der Waals surface area (Å²) in [5.74, 6) is 0.0884. The van der Waals surface area contributed by atoms with Crippen LogP contribution in [0, 0.1) is 0 Å². The first-order valence-electron chi connectivity index (χ1n) is 12.2. The van der Waals surface area contributed by atoms with Gasteiger partial charge in [0.25, 0.3) is 0 Å². The van der Waals surface area contributed by atoms with E-state index >= 15 is 0 Å². The van der Waals surface area contributed by atoms with Crippen LogP contribution in [0.4, 0.5) is 11.4 Å². The predicted octanol–water partition coefficient (Wildman–Crippen LogP) is 3.78. The molecule has 3 aromatic rings. The average molecular weight is 493 g/mol. The Hall–Kier alpha value is -2.87. The van der Waals surface area contributed by atoms with Crippen molar-refractivity contribution in [2.75, 3.05) is 62.4 Å². The van der Waals surface area contributed by atoms with E-state index in [1.807, 2.05) is 50.5 Å². The lowest BCUT2D eigenvalue weighted by Gasteiger charge is -2.40. The Kier molecular flexibility index (Phi) is 8.44. The number of anilines is 2. The molecule has 1 aliphatic rings. The highest BCUT2D eigenvalue weighted by atomic mass is 32.2. The van der Waals surface area contributed by atoms with Crippen LogP contribution in [0.1, 0.15) is 17.2 Å². The third kappa shape index (κ3) is 7.07. The van der Waals surface area contributed by atoms with E-state index in [4.69, 9.17) is 0 Å². The van der Waals surface area contributed by atoms with Gasteiger partial charge in [0.15, 0.2) is 0 Å². The number of aryl methyl sites for hydroxylation is 1. The summed E-state index contributed by atoms with van der Waals surface area (Å²) in [7, 11) is 0.656. The first-order chi connectivity index (χ1) is 16.9. The van der Waals surface area contributed by atoms with Crippen molar-refractivity contribution in [1.29, 1.82) is 0 Å². The van der Waals surface area contributed by atoms with Gasteiger partial charge >= 0.3 is 0 Å². The van der Waals surface area contributed by atoms with Gasteiger partial charge in [0, 0.05) is 64.2 Å². The van der Waals surface area contributed by atoms with Gasteiger partial charge in [-0.15, -0.1) is 0 Å². The molecule has 4 rings (SSSR count). The number of hydrogen-bond donors (Lipinski definition) is 1. The molecule has 1 atom stereocenters. The van der Waals surface area contributed by atoms with Crippen molar-refractivity contribution in [1.82, 2.24) is 9.62 Å². The minimum Gasteiger partial charge on any atom is -0.378 e. The van der Waals surface area contributed by atoms with Crippen LogP contribution in [0.5, 0.6) is 0 Å². The summed E-state index contributed by atoms with van der Waals surface area (Å²) in [5.41, 5.74) is 4.53. The Labute approximate surface area is 210 Å². The number of nitrogens with zero attached hydrogens (tertiary/aromatic N) is 3. The Balaban J connectivity index is 1.44. The zero-order valence-electron chi connectivity index (χ0n) is 20.7. The van der Waals surface area contributed by atoms with Crippen molar-refractivity contribution >= 4 is 21.4 Å². The standard InChI is InChI=1S/C28H36N4O2S/c1-30(2)26-15-13-25(14-16-26)28(23-29-35(33,34)22-17-24-9-5-3-6-10-24)32-20-18-31(19-21-32)27-11-7-4-8-12-27/h3-16,28-29H,17-23H2,1-2H3/t28-/m1/s1. The lowest BCUT2D eigenvalue weighted by atomic mass is 10.0. The van der Waals surface area contributed by atoms with Gasteiger partial charge in [-0.1, -0.05) is 60.7 Å². The van der Waals surface area contributed by atoms with Crippen LogP contribution in [0.3, 0.4) is 0 Å². The van der Waals surface area contributed by atoms with Gasteiger partial charge in [0.1, 0.15) is 0 Å². The van der Waals surface area contributed by atoms with Crippen molar-refractivity contribution in [2.45, 2.75) is 12.5 Å². The zero-order chi connectivity index (χ0) is 24.7. The SMILES string of the molecule is CN(C)c1ccc([C@@H](CNS(=O)(=O)CCc2ccccc2)N2CCN(c3ccccc3)CC2)cc1. The van der Waals surface area contributed by atoms with Crippen LogP contribution in [0.15, 0.2) is 84.9 Å². The van der Waals surface area contributed by atoms with Gasteiger partial charge in [-0.25, -0.2) is 13.1 Å². The first-order valence-corrected chi connectivity index (χ1v) is 13.9. The average Bonchev–Trinajstić information content (AvgIpc) is 2.89. The smallest absolute Gasteiger partial charge is 0.211 e. The summed E-state index contributed by atoms with van der Waals surface area (Å²) in [5, 5.41) is 0. The van der Waals surface area contributed by atoms with E-state index in [1.165, 1.54) is 5.69 Å². The second kappa shape index (κ2) is 11.7. The van der Waals surface area contributed by atoms with Crippen LogP contribution in [0.2, 0.25) is 0 Å². The molecule has 7 heteroatoms. The zero-order valence-corrected chi connectivity index (χ0v) is 21.5. The molecule has 3 aromatic carbocycles. The Bertz CT molecular complexity index is 1140. The van der Waals surface area contributed by atoms with Crippen molar-refractivity contribution in [3.05, 3.63) is 96.1 Å². The summed E-state index contributed by atoms with van der Waals surface area (Å²) in [6.45, 7) is 3.94. The molecule has 0 aromatic heterocycles. The molecule has 0 radical (unpaired) electrons. The van der Waals surface area contributed by atoms with Gasteiger partial charge in [0.05, 0.1) is 5.75 Å². The molecule has 1 heterocycles. The number of nitrogens with one attached hydrogen (secondary N) is 1. The number of piperazine rings is 1. The molecule has 1 aliphatic heterocycles. The van der Waals surface area contributed by atoms with Gasteiger partial charge < -0.3 is 9.80 Å². The van der Waals surface area contributed by atoms with Crippen LogP contribution < -0.4 is 14.5 Å². The highest BCUT2D eigenvalue weighted by molar-refractivity contribution is 7.89. The third-order valence-corrected chi connectivity index (χ3v) is 8.02. The van der Waals surface area contributed by atoms with Crippen LogP contribution in [-0.2, 0) is 16.4 Å². The fourth-order valence-electron chi connectivity index (χ4n) is 4.56. The second-order valence-corrected chi connectivity index (χ2v) is 11.2. The van der Waals surface area contributed by atoms with Crippen LogP contribution in [0.25, 0.3) is 0 Å². The first kappa shape index (κ1) is 25.2. The quantitative estimate of drug-likeness (QED) is 0.467. The molecule has 0 unspecified atom stereocenters. The van der Waals surface area contributed by atoms with E-state index in [9.17, 15) is 8.42 Å². The van der Waals surface area contributed by atoms with Crippen molar-refractivity contribution in [3.8, 4) is 0 Å². The highest BCUT2D eigenvalue weighted by Gasteiger charge is 2.26. The predicted molar refractivity (Wildman–Crippen MR) is 146 cm³/mol. The van der Waals surface area contributed by atoms with E-state index in [2.05, 4.69) is 68.0 Å². The van der Waals surface area contributed by atoms with Gasteiger partial charge in [0.2, 0.25) is 10.0 Å². The van der Waals surface area contributed by atoms with Crippen molar-refractivity contribution in [3.63, 3.8) is 0 Å². The molecule has 186 valence electrons. The second-order valence-electron chi connectivity index (χ2n) is 9.26. The highest BCUT2D eigenvalue weighted by Crippen LogP contribution is 2.26. The molecule has 6 nitrogen and oxygen atoms in total. The molecular weight excluding hydrogens is 456 g/mol. The summed E-state index contributed by atoms with van der Waals surface area (Å²) in [6.07, 6.45) is 0.508. The number of rotatable bonds is 10. The molecule has 0 spiro atoms. The molecule has 1 fully saturated rings. The summed E-state index contributed by atoms with van der Waals surface area (Å²) in [4.78, 5) is 6.88. The maximum Gasteiger partial charge on any atom is 0.211 e. The van der Waals surface area contributed by atoms with E-state index in [0.717, 1.165) is 43.0 Å². The maximum atomic E-state index is 12.9. The molecule has 35 heavy (non-hydrogen) atoms. The Morgan fingerprint density at radius 3 is 2.03 bits per heavy atom. The maximum absolute atomic E-state index is 12.9. The fourth-order valence-corrected chi connectivity index (χ4v) is 5.62. The molecular formula is C28H36N4O2S. The Morgan fingerprint density at radius 2 is 1.43 bits per heavy atom. The normalized spacial score (nSPS) is 15.7. The molecule has 0 aliphatic carbocycles. The third-order valence-electron chi connectivity index (χ3n) is 6.67. The fraction of sp³-hybridized carbons (Fsp3) is 0.357. The molecule has 1 N–H and O–H groups in total. The van der Waals surface area contributed by atoms with Gasteiger partial charge in [-0.3, -0.25) is 4.90 Å². The molecule has 0 saturated carbocycles. The van der Waals surface area contributed by atoms with Crippen molar-refractivity contribution < 1.29 is 8.42 Å². The van der Waals surface area contributed by atoms with E-state index < -0.39 is 10.0 Å². The number of hydrogen-bond acceptors (Lipinski definition) is 5. The molecule has 0 amide bonds. The minimum atomic E-state index is -3.39. The molecule has 0 bridgehead atoms. The van der Waals surface area contributed by atoms with E-state index in [-0.39, 0.29) is 11.8 Å². The number of benzene rings is 3. The van der Waals surface area contributed by atoms with E-state index in [0.29, 0.717) is 13.0 Å². The lowest BCUT2D eigenvalue weighted by molar-refractivity contribution is 0.187. The largest absolute Gasteiger partial charge is 0.378 e. The van der Waals surface area contributed by atoms with Gasteiger partial charge in [-0.2, -0.15) is 0 Å². The van der Waals surface area contributed by atoms with Crippen LogP contribution in [-0.4, -0.2) is 65.9 Å². The topological polar surface area (TPSA) is 55.9 Å². The minimum absolute atomic E-state index is 0.0179. The monoisotopic (exact) mass is 492 g/mol. The van der Waals surface area contributed by atoms with Crippen LogP contribution >= 0.6 is 0 Å². The lowest BCUT2D eigenvalue weighted by Crippen LogP contribution is -2.50. The Morgan fingerprint density at radius 1 is 0.829 bits per heavy atom.